The first kappa shape index (κ1) is 21.2. The lowest BCUT2D eigenvalue weighted by molar-refractivity contribution is -0.122. The number of thioether (sulfide) groups is 1. The van der Waals surface area contributed by atoms with Crippen molar-refractivity contribution in [2.24, 2.45) is 0 Å². The summed E-state index contributed by atoms with van der Waals surface area (Å²) in [5.41, 5.74) is 1.52. The lowest BCUT2D eigenvalue weighted by atomic mass is 10.1. The SMILES string of the molecule is CC(C)NS(=O)(=O)Cc1ccccc1CNC(=O)C1CSCN1.Cl. The van der Waals surface area contributed by atoms with Gasteiger partial charge < -0.3 is 5.32 Å². The van der Waals surface area contributed by atoms with E-state index in [-0.39, 0.29) is 36.2 Å². The number of hydrogen-bond acceptors (Lipinski definition) is 5. The quantitative estimate of drug-likeness (QED) is 0.648. The van der Waals surface area contributed by atoms with Crippen molar-refractivity contribution in [3.05, 3.63) is 35.4 Å². The van der Waals surface area contributed by atoms with Gasteiger partial charge in [-0.3, -0.25) is 10.1 Å². The van der Waals surface area contributed by atoms with E-state index in [1.807, 2.05) is 12.1 Å². The molecule has 0 aliphatic carbocycles. The molecule has 1 amide bonds. The topological polar surface area (TPSA) is 87.3 Å². The molecule has 1 atom stereocenters. The van der Waals surface area contributed by atoms with Gasteiger partial charge in [0, 0.05) is 24.2 Å². The van der Waals surface area contributed by atoms with Gasteiger partial charge in [0.05, 0.1) is 11.8 Å². The summed E-state index contributed by atoms with van der Waals surface area (Å²) in [4.78, 5) is 12.0. The Morgan fingerprint density at radius 2 is 2.00 bits per heavy atom. The predicted molar refractivity (Wildman–Crippen MR) is 101 cm³/mol. The van der Waals surface area contributed by atoms with Crippen LogP contribution >= 0.6 is 24.2 Å². The molecule has 136 valence electrons. The lowest BCUT2D eigenvalue weighted by Gasteiger charge is -2.14. The molecule has 0 saturated carbocycles. The molecule has 0 aromatic heterocycles. The number of carbonyl (C=O) groups excluding carboxylic acids is 1. The van der Waals surface area contributed by atoms with Crippen molar-refractivity contribution in [3.8, 4) is 0 Å². The number of benzene rings is 1. The van der Waals surface area contributed by atoms with E-state index in [9.17, 15) is 13.2 Å². The van der Waals surface area contributed by atoms with Crippen LogP contribution in [0.2, 0.25) is 0 Å². The fourth-order valence-electron chi connectivity index (χ4n) is 2.35. The van der Waals surface area contributed by atoms with Gasteiger partial charge in [-0.1, -0.05) is 24.3 Å². The molecule has 1 aromatic rings. The highest BCUT2D eigenvalue weighted by Gasteiger charge is 2.22. The third-order valence-electron chi connectivity index (χ3n) is 3.37. The second-order valence-electron chi connectivity index (χ2n) is 5.79. The van der Waals surface area contributed by atoms with Crippen LogP contribution in [0.1, 0.15) is 25.0 Å². The fourth-order valence-corrected chi connectivity index (χ4v) is 4.78. The molecular formula is C15H24ClN3O3S2. The second kappa shape index (κ2) is 9.62. The van der Waals surface area contributed by atoms with E-state index in [2.05, 4.69) is 15.4 Å². The number of hydrogen-bond donors (Lipinski definition) is 3. The largest absolute Gasteiger partial charge is 0.351 e. The van der Waals surface area contributed by atoms with Gasteiger partial charge in [0.1, 0.15) is 0 Å². The molecule has 0 spiro atoms. The third kappa shape index (κ3) is 6.60. The predicted octanol–water partition coefficient (Wildman–Crippen LogP) is 1.21. The molecule has 0 bridgehead atoms. The normalized spacial score (nSPS) is 17.5. The minimum atomic E-state index is -3.39. The highest BCUT2D eigenvalue weighted by Crippen LogP contribution is 2.13. The van der Waals surface area contributed by atoms with Crippen LogP contribution in [0.5, 0.6) is 0 Å². The Labute approximate surface area is 154 Å². The monoisotopic (exact) mass is 393 g/mol. The Bertz CT molecular complexity index is 647. The Balaban J connectivity index is 0.00000288. The maximum atomic E-state index is 12.1. The number of halogens is 1. The molecule has 1 aromatic carbocycles. The van der Waals surface area contributed by atoms with Crippen molar-refractivity contribution in [2.45, 2.75) is 38.2 Å². The number of nitrogens with one attached hydrogen (secondary N) is 3. The number of carbonyl (C=O) groups is 1. The average molecular weight is 394 g/mol. The molecule has 9 heteroatoms. The van der Waals surface area contributed by atoms with Gasteiger partial charge in [-0.2, -0.15) is 0 Å². The fraction of sp³-hybridized carbons (Fsp3) is 0.533. The zero-order valence-corrected chi connectivity index (χ0v) is 16.2. The number of sulfonamides is 1. The molecular weight excluding hydrogens is 370 g/mol. The van der Waals surface area contributed by atoms with Gasteiger partial charge >= 0.3 is 0 Å². The molecule has 1 heterocycles. The Morgan fingerprint density at radius 3 is 2.58 bits per heavy atom. The van der Waals surface area contributed by atoms with Gasteiger partial charge in [-0.15, -0.1) is 24.2 Å². The van der Waals surface area contributed by atoms with Crippen molar-refractivity contribution in [1.29, 1.82) is 0 Å². The summed E-state index contributed by atoms with van der Waals surface area (Å²) in [5.74, 6) is 1.41. The molecule has 24 heavy (non-hydrogen) atoms. The van der Waals surface area contributed by atoms with Gasteiger partial charge in [0.25, 0.3) is 0 Å². The van der Waals surface area contributed by atoms with Crippen molar-refractivity contribution < 1.29 is 13.2 Å². The van der Waals surface area contributed by atoms with E-state index in [0.29, 0.717) is 12.1 Å². The summed E-state index contributed by atoms with van der Waals surface area (Å²) in [5, 5.41) is 5.99. The number of rotatable bonds is 7. The van der Waals surface area contributed by atoms with Crippen LogP contribution in [0.3, 0.4) is 0 Å². The van der Waals surface area contributed by atoms with Crippen LogP contribution in [-0.2, 0) is 27.1 Å². The summed E-state index contributed by atoms with van der Waals surface area (Å²) >= 11 is 1.69. The van der Waals surface area contributed by atoms with Crippen LogP contribution in [0.25, 0.3) is 0 Å². The van der Waals surface area contributed by atoms with E-state index in [1.54, 1.807) is 37.7 Å². The summed E-state index contributed by atoms with van der Waals surface area (Å²) in [6.07, 6.45) is 0. The highest BCUT2D eigenvalue weighted by molar-refractivity contribution is 7.99. The summed E-state index contributed by atoms with van der Waals surface area (Å²) in [6, 6.07) is 6.97. The van der Waals surface area contributed by atoms with Crippen molar-refractivity contribution in [3.63, 3.8) is 0 Å². The second-order valence-corrected chi connectivity index (χ2v) is 8.57. The molecule has 1 saturated heterocycles. The van der Waals surface area contributed by atoms with Crippen LogP contribution in [0.15, 0.2) is 24.3 Å². The van der Waals surface area contributed by atoms with Gasteiger partial charge in [0.2, 0.25) is 15.9 Å². The van der Waals surface area contributed by atoms with Gasteiger partial charge in [-0.25, -0.2) is 13.1 Å². The molecule has 6 nitrogen and oxygen atoms in total. The maximum Gasteiger partial charge on any atom is 0.238 e. The standard InChI is InChI=1S/C15H23N3O3S2.ClH/c1-11(2)18-23(20,21)9-13-6-4-3-5-12(13)7-16-15(19)14-8-22-10-17-14;/h3-6,11,14,17-18H,7-10H2,1-2H3,(H,16,19);1H. The molecule has 1 fully saturated rings. The summed E-state index contributed by atoms with van der Waals surface area (Å²) in [6.45, 7) is 3.90. The summed E-state index contributed by atoms with van der Waals surface area (Å²) < 4.78 is 26.8. The molecule has 1 aliphatic heterocycles. The first-order valence-corrected chi connectivity index (χ1v) is 10.3. The zero-order chi connectivity index (χ0) is 16.9. The third-order valence-corrected chi connectivity index (χ3v) is 5.83. The van der Waals surface area contributed by atoms with Crippen molar-refractivity contribution >= 4 is 40.1 Å². The van der Waals surface area contributed by atoms with Crippen molar-refractivity contribution in [1.82, 2.24) is 15.4 Å². The maximum absolute atomic E-state index is 12.1. The van der Waals surface area contributed by atoms with E-state index < -0.39 is 10.0 Å². The van der Waals surface area contributed by atoms with Gasteiger partial charge in [-0.05, 0) is 25.0 Å². The zero-order valence-electron chi connectivity index (χ0n) is 13.7. The molecule has 1 aliphatic rings. The summed E-state index contributed by atoms with van der Waals surface area (Å²) in [7, 11) is -3.39. The van der Waals surface area contributed by atoms with Gasteiger partial charge in [0.15, 0.2) is 0 Å². The first-order chi connectivity index (χ1) is 10.9. The Hall–Kier alpha value is -0.800. The molecule has 0 radical (unpaired) electrons. The van der Waals surface area contributed by atoms with E-state index in [1.165, 1.54) is 0 Å². The van der Waals surface area contributed by atoms with Crippen molar-refractivity contribution in [2.75, 3.05) is 11.6 Å². The highest BCUT2D eigenvalue weighted by atomic mass is 35.5. The van der Waals surface area contributed by atoms with Crippen LogP contribution in [0.4, 0.5) is 0 Å². The molecule has 1 unspecified atom stereocenters. The minimum absolute atomic E-state index is 0. The van der Waals surface area contributed by atoms with E-state index >= 15 is 0 Å². The van der Waals surface area contributed by atoms with Crippen LogP contribution < -0.4 is 15.4 Å². The Kier molecular flexibility index (Phi) is 8.52. The van der Waals surface area contributed by atoms with Crippen LogP contribution in [-0.4, -0.2) is 38.0 Å². The Morgan fingerprint density at radius 1 is 1.33 bits per heavy atom. The lowest BCUT2D eigenvalue weighted by Crippen LogP contribution is -2.41. The number of amides is 1. The molecule has 3 N–H and O–H groups in total. The van der Waals surface area contributed by atoms with Crippen LogP contribution in [0, 0.1) is 0 Å². The minimum Gasteiger partial charge on any atom is -0.351 e. The first-order valence-electron chi connectivity index (χ1n) is 7.53. The smallest absolute Gasteiger partial charge is 0.238 e. The van der Waals surface area contributed by atoms with E-state index in [4.69, 9.17) is 0 Å². The average Bonchev–Trinajstić information content (AvgIpc) is 2.98. The molecule has 2 rings (SSSR count). The van der Waals surface area contributed by atoms with E-state index in [0.717, 1.165) is 17.2 Å².